The summed E-state index contributed by atoms with van der Waals surface area (Å²) in [5.41, 5.74) is 5.95. The van der Waals surface area contributed by atoms with Gasteiger partial charge in [-0.25, -0.2) is 0 Å². The molecule has 5 nitrogen and oxygen atoms in total. The summed E-state index contributed by atoms with van der Waals surface area (Å²) in [5, 5.41) is 2.31. The lowest BCUT2D eigenvalue weighted by Crippen LogP contribution is -2.36. The molecule has 2 aliphatic heterocycles. The monoisotopic (exact) mass is 345 g/mol. The van der Waals surface area contributed by atoms with E-state index in [9.17, 15) is 18.0 Å². The zero-order chi connectivity index (χ0) is 16.7. The summed E-state index contributed by atoms with van der Waals surface area (Å²) in [4.78, 5) is 15.6. The van der Waals surface area contributed by atoms with Crippen molar-refractivity contribution in [2.45, 2.75) is 24.6 Å². The number of fused-ring (bicyclic) bond motifs is 2. The van der Waals surface area contributed by atoms with Gasteiger partial charge in [-0.15, -0.1) is 0 Å². The standard InChI is InChI=1S/C14H14F3N3O2S/c15-14(16,17)11(21)19-8-1-2-10-9(7-8)13(3-5-22-10)4-6-23-12(18)20-13/h1-2,7H,3-6H2,(H2,18,20)(H,19,21). The van der Waals surface area contributed by atoms with Gasteiger partial charge in [-0.2, -0.15) is 13.2 Å². The second-order valence-corrected chi connectivity index (χ2v) is 6.46. The third kappa shape index (κ3) is 3.10. The number of ether oxygens (including phenoxy) is 1. The molecule has 0 aromatic heterocycles. The van der Waals surface area contributed by atoms with Crippen LogP contribution in [0.5, 0.6) is 5.75 Å². The number of hydrogen-bond acceptors (Lipinski definition) is 5. The Hall–Kier alpha value is -1.90. The van der Waals surface area contributed by atoms with Crippen molar-refractivity contribution in [3.63, 3.8) is 0 Å². The predicted molar refractivity (Wildman–Crippen MR) is 81.6 cm³/mol. The maximum atomic E-state index is 12.4. The van der Waals surface area contributed by atoms with Crippen molar-refractivity contribution in [1.29, 1.82) is 0 Å². The Morgan fingerprint density at radius 2 is 2.17 bits per heavy atom. The molecular formula is C14H14F3N3O2S. The van der Waals surface area contributed by atoms with Gasteiger partial charge in [0.2, 0.25) is 0 Å². The van der Waals surface area contributed by atoms with Crippen LogP contribution in [0.25, 0.3) is 0 Å². The van der Waals surface area contributed by atoms with Crippen LogP contribution < -0.4 is 15.8 Å². The number of halogens is 3. The third-order valence-corrected chi connectivity index (χ3v) is 4.65. The van der Waals surface area contributed by atoms with Gasteiger partial charge in [-0.1, -0.05) is 11.8 Å². The van der Waals surface area contributed by atoms with Crippen molar-refractivity contribution in [2.75, 3.05) is 17.7 Å². The molecule has 1 aromatic rings. The molecule has 3 rings (SSSR count). The molecule has 124 valence electrons. The van der Waals surface area contributed by atoms with E-state index in [0.717, 1.165) is 5.75 Å². The van der Waals surface area contributed by atoms with Crippen molar-refractivity contribution in [3.05, 3.63) is 23.8 Å². The Labute approximate surface area is 134 Å². The summed E-state index contributed by atoms with van der Waals surface area (Å²) in [6, 6.07) is 4.42. The number of aliphatic imine (C=N–C) groups is 1. The Morgan fingerprint density at radius 3 is 2.87 bits per heavy atom. The number of thioether (sulfide) groups is 1. The van der Waals surface area contributed by atoms with E-state index in [4.69, 9.17) is 10.5 Å². The molecule has 3 N–H and O–H groups in total. The minimum Gasteiger partial charge on any atom is -0.493 e. The molecule has 1 atom stereocenters. The highest BCUT2D eigenvalue weighted by Crippen LogP contribution is 2.46. The molecule has 0 aliphatic carbocycles. The van der Waals surface area contributed by atoms with E-state index in [1.807, 2.05) is 5.32 Å². The van der Waals surface area contributed by atoms with Crippen LogP contribution in [0.15, 0.2) is 23.2 Å². The summed E-state index contributed by atoms with van der Waals surface area (Å²) in [5.74, 6) is -0.677. The zero-order valence-electron chi connectivity index (χ0n) is 11.9. The number of amides is 1. The van der Waals surface area contributed by atoms with Crippen LogP contribution in [-0.4, -0.2) is 29.6 Å². The predicted octanol–water partition coefficient (Wildman–Crippen LogP) is 2.62. The lowest BCUT2D eigenvalue weighted by atomic mass is 9.82. The summed E-state index contributed by atoms with van der Waals surface area (Å²) in [6.07, 6.45) is -3.63. The molecule has 0 fully saturated rings. The van der Waals surface area contributed by atoms with Crippen LogP contribution in [0.3, 0.4) is 0 Å². The first-order chi connectivity index (χ1) is 10.8. The Bertz CT molecular complexity index is 678. The van der Waals surface area contributed by atoms with E-state index < -0.39 is 17.6 Å². The van der Waals surface area contributed by atoms with Crippen LogP contribution in [0, 0.1) is 0 Å². The lowest BCUT2D eigenvalue weighted by Gasteiger charge is -2.38. The number of anilines is 1. The SMILES string of the molecule is NC1=NC2(CCOc3ccc(NC(=O)C(F)(F)F)cc32)CCS1. The summed E-state index contributed by atoms with van der Waals surface area (Å²) in [6.45, 7) is 0.461. The molecular weight excluding hydrogens is 331 g/mol. The fourth-order valence-corrected chi connectivity index (χ4v) is 3.65. The number of nitrogens with zero attached hydrogens (tertiary/aromatic N) is 1. The Balaban J connectivity index is 1.97. The normalized spacial score (nSPS) is 23.7. The molecule has 0 saturated carbocycles. The quantitative estimate of drug-likeness (QED) is 0.820. The van der Waals surface area contributed by atoms with Gasteiger partial charge in [0.05, 0.1) is 12.1 Å². The Morgan fingerprint density at radius 1 is 1.39 bits per heavy atom. The second-order valence-electron chi connectivity index (χ2n) is 5.34. The lowest BCUT2D eigenvalue weighted by molar-refractivity contribution is -0.167. The van der Waals surface area contributed by atoms with Gasteiger partial charge in [-0.3, -0.25) is 9.79 Å². The number of nitrogens with one attached hydrogen (secondary N) is 1. The highest BCUT2D eigenvalue weighted by molar-refractivity contribution is 8.13. The van der Waals surface area contributed by atoms with Crippen LogP contribution in [0.1, 0.15) is 18.4 Å². The van der Waals surface area contributed by atoms with E-state index in [1.165, 1.54) is 23.9 Å². The fraction of sp³-hybridized carbons (Fsp3) is 0.429. The number of benzene rings is 1. The van der Waals surface area contributed by atoms with Crippen LogP contribution in [0.2, 0.25) is 0 Å². The molecule has 1 amide bonds. The van der Waals surface area contributed by atoms with Crippen molar-refractivity contribution in [3.8, 4) is 5.75 Å². The molecule has 1 unspecified atom stereocenters. The highest BCUT2D eigenvalue weighted by Gasteiger charge is 2.41. The van der Waals surface area contributed by atoms with E-state index in [0.29, 0.717) is 35.9 Å². The Kier molecular flexibility index (Phi) is 3.91. The molecule has 23 heavy (non-hydrogen) atoms. The summed E-state index contributed by atoms with van der Waals surface area (Å²) >= 11 is 1.45. The zero-order valence-corrected chi connectivity index (χ0v) is 12.8. The van der Waals surface area contributed by atoms with E-state index in [1.54, 1.807) is 6.07 Å². The average molecular weight is 345 g/mol. The van der Waals surface area contributed by atoms with Crippen molar-refractivity contribution < 1.29 is 22.7 Å². The molecule has 0 saturated heterocycles. The summed E-state index contributed by atoms with van der Waals surface area (Å²) < 4.78 is 42.7. The second kappa shape index (κ2) is 5.63. The first-order valence-electron chi connectivity index (χ1n) is 6.94. The third-order valence-electron chi connectivity index (χ3n) is 3.86. The van der Waals surface area contributed by atoms with Crippen molar-refractivity contribution in [2.24, 2.45) is 10.7 Å². The minimum absolute atomic E-state index is 0.0583. The number of alkyl halides is 3. The molecule has 1 aromatic carbocycles. The van der Waals surface area contributed by atoms with Crippen LogP contribution >= 0.6 is 11.8 Å². The molecule has 1 spiro atoms. The number of nitrogens with two attached hydrogens (primary N) is 1. The average Bonchev–Trinajstić information content (AvgIpc) is 2.47. The summed E-state index contributed by atoms with van der Waals surface area (Å²) in [7, 11) is 0. The van der Waals surface area contributed by atoms with Gasteiger partial charge in [0.25, 0.3) is 0 Å². The van der Waals surface area contributed by atoms with E-state index in [2.05, 4.69) is 4.99 Å². The number of hydrogen-bond donors (Lipinski definition) is 2. The molecule has 2 aliphatic rings. The van der Waals surface area contributed by atoms with Gasteiger partial charge in [0, 0.05) is 23.4 Å². The van der Waals surface area contributed by atoms with Gasteiger partial charge in [0.1, 0.15) is 5.75 Å². The maximum Gasteiger partial charge on any atom is 0.471 e. The van der Waals surface area contributed by atoms with Gasteiger partial charge in [-0.05, 0) is 24.6 Å². The molecule has 0 bridgehead atoms. The smallest absolute Gasteiger partial charge is 0.471 e. The molecule has 0 radical (unpaired) electrons. The van der Waals surface area contributed by atoms with Crippen LogP contribution in [0.4, 0.5) is 18.9 Å². The number of amidine groups is 1. The van der Waals surface area contributed by atoms with Gasteiger partial charge < -0.3 is 15.8 Å². The largest absolute Gasteiger partial charge is 0.493 e. The fourth-order valence-electron chi connectivity index (χ4n) is 2.76. The topological polar surface area (TPSA) is 76.7 Å². The highest BCUT2D eigenvalue weighted by atomic mass is 32.2. The molecule has 9 heteroatoms. The maximum absolute atomic E-state index is 12.4. The number of carbonyl (C=O) groups excluding carboxylic acids is 1. The first-order valence-corrected chi connectivity index (χ1v) is 7.92. The van der Waals surface area contributed by atoms with Crippen molar-refractivity contribution in [1.82, 2.24) is 0 Å². The minimum atomic E-state index is -4.94. The number of rotatable bonds is 1. The van der Waals surface area contributed by atoms with Gasteiger partial charge >= 0.3 is 12.1 Å². The van der Waals surface area contributed by atoms with Crippen molar-refractivity contribution >= 4 is 28.5 Å². The number of carbonyl (C=O) groups is 1. The van der Waals surface area contributed by atoms with Gasteiger partial charge in [0.15, 0.2) is 5.17 Å². The van der Waals surface area contributed by atoms with E-state index in [-0.39, 0.29) is 5.69 Å². The van der Waals surface area contributed by atoms with Crippen LogP contribution in [-0.2, 0) is 10.3 Å². The van der Waals surface area contributed by atoms with E-state index >= 15 is 0 Å². The molecule has 2 heterocycles. The first kappa shape index (κ1) is 16.0.